The third kappa shape index (κ3) is 1.66. The maximum Gasteiger partial charge on any atom is 0.168 e. The first-order valence-corrected chi connectivity index (χ1v) is 4.49. The van der Waals surface area contributed by atoms with Crippen LogP contribution in [0.25, 0.3) is 0 Å². The summed E-state index contributed by atoms with van der Waals surface area (Å²) in [6, 6.07) is 0.824. The van der Waals surface area contributed by atoms with Gasteiger partial charge in [-0.05, 0) is 6.26 Å². The molecule has 12 heavy (non-hydrogen) atoms. The molecule has 0 atom stereocenters. The molecule has 0 saturated heterocycles. The highest BCUT2D eigenvalue weighted by Gasteiger charge is 2.09. The van der Waals surface area contributed by atoms with Gasteiger partial charge in [-0.15, -0.1) is 11.8 Å². The molecule has 0 radical (unpaired) electrons. The molecule has 2 nitrogen and oxygen atoms in total. The van der Waals surface area contributed by atoms with Crippen molar-refractivity contribution in [2.24, 2.45) is 0 Å². The van der Waals surface area contributed by atoms with E-state index in [0.717, 1.165) is 17.8 Å². The largest absolute Gasteiger partial charge is 0.371 e. The average molecular weight is 190 g/mol. The van der Waals surface area contributed by atoms with Gasteiger partial charge in [-0.2, -0.15) is 0 Å². The Morgan fingerprint density at radius 1 is 1.42 bits per heavy atom. The second kappa shape index (κ2) is 3.71. The van der Waals surface area contributed by atoms with Crippen molar-refractivity contribution in [1.82, 2.24) is 4.98 Å². The van der Waals surface area contributed by atoms with Gasteiger partial charge in [-0.1, -0.05) is 0 Å². The molecule has 1 aromatic heterocycles. The fourth-order valence-corrected chi connectivity index (χ4v) is 1.20. The summed E-state index contributed by atoms with van der Waals surface area (Å²) in [6.45, 7) is 0. The molecule has 0 spiro atoms. The lowest BCUT2D eigenvalue weighted by molar-refractivity contribution is 0.552. The van der Waals surface area contributed by atoms with Gasteiger partial charge in [0.1, 0.15) is 5.03 Å². The van der Waals surface area contributed by atoms with Crippen molar-refractivity contribution in [2.75, 3.05) is 18.6 Å². The Kier molecular flexibility index (Phi) is 2.86. The molecule has 0 unspecified atom stereocenters. The van der Waals surface area contributed by atoms with E-state index >= 15 is 0 Å². The minimum atomic E-state index is -0.673. The van der Waals surface area contributed by atoms with Crippen LogP contribution in [0.4, 0.5) is 14.6 Å². The predicted molar refractivity (Wildman–Crippen MR) is 45.5 cm³/mol. The Morgan fingerprint density at radius 3 is 2.58 bits per heavy atom. The van der Waals surface area contributed by atoms with Gasteiger partial charge in [-0.3, -0.25) is 0 Å². The zero-order valence-electron chi connectivity index (χ0n) is 6.69. The summed E-state index contributed by atoms with van der Waals surface area (Å²) in [5.74, 6) is -1.23. The second-order valence-electron chi connectivity index (χ2n) is 2.06. The minimum absolute atomic E-state index is 0.0701. The molecule has 0 amide bonds. The quantitative estimate of drug-likeness (QED) is 0.723. The number of anilines is 1. The van der Waals surface area contributed by atoms with Crippen molar-refractivity contribution in [2.45, 2.75) is 5.03 Å². The van der Waals surface area contributed by atoms with Crippen molar-refractivity contribution < 1.29 is 8.78 Å². The van der Waals surface area contributed by atoms with Crippen LogP contribution in [0.2, 0.25) is 0 Å². The van der Waals surface area contributed by atoms with Crippen molar-refractivity contribution in [1.29, 1.82) is 0 Å². The number of halogens is 2. The van der Waals surface area contributed by atoms with Crippen molar-refractivity contribution in [3.05, 3.63) is 17.7 Å². The molecule has 0 bridgehead atoms. The Labute approximate surface area is 73.4 Å². The van der Waals surface area contributed by atoms with Crippen LogP contribution in [-0.2, 0) is 0 Å². The number of rotatable bonds is 2. The minimum Gasteiger partial charge on any atom is -0.371 e. The molecule has 0 fully saturated rings. The van der Waals surface area contributed by atoms with E-state index in [9.17, 15) is 8.78 Å². The van der Waals surface area contributed by atoms with Crippen LogP contribution >= 0.6 is 11.8 Å². The third-order valence-corrected chi connectivity index (χ3v) is 2.00. The van der Waals surface area contributed by atoms with Gasteiger partial charge in [0.25, 0.3) is 0 Å². The summed E-state index contributed by atoms with van der Waals surface area (Å²) in [4.78, 5) is 3.71. The van der Waals surface area contributed by atoms with Crippen LogP contribution < -0.4 is 5.32 Å². The number of nitrogens with one attached hydrogen (secondary N) is 1. The molecular weight excluding hydrogens is 182 g/mol. The molecule has 1 aromatic rings. The Bertz CT molecular complexity index is 266. The van der Waals surface area contributed by atoms with E-state index in [2.05, 4.69) is 10.3 Å². The zero-order valence-corrected chi connectivity index (χ0v) is 7.51. The van der Waals surface area contributed by atoms with Gasteiger partial charge in [0.2, 0.25) is 0 Å². The predicted octanol–water partition coefficient (Wildman–Crippen LogP) is 2.12. The lowest BCUT2D eigenvalue weighted by Crippen LogP contribution is -1.99. The van der Waals surface area contributed by atoms with Crippen LogP contribution in [0.1, 0.15) is 0 Å². The van der Waals surface area contributed by atoms with Crippen LogP contribution in [0.15, 0.2) is 11.1 Å². The number of hydrogen-bond donors (Lipinski definition) is 1. The van der Waals surface area contributed by atoms with Crippen molar-refractivity contribution >= 4 is 17.6 Å². The van der Waals surface area contributed by atoms with Gasteiger partial charge >= 0.3 is 0 Å². The maximum atomic E-state index is 12.8. The van der Waals surface area contributed by atoms with Crippen LogP contribution in [0.5, 0.6) is 0 Å². The van der Waals surface area contributed by atoms with Gasteiger partial charge in [-0.25, -0.2) is 13.8 Å². The fraction of sp³-hybridized carbons (Fsp3) is 0.286. The number of hydrogen-bond acceptors (Lipinski definition) is 3. The standard InChI is InChI=1S/C7H8F2N2S/c1-10-6-4(8)3-5(9)7(11-6)12-2/h3H,1-2H3,(H,10,11). The molecule has 1 N–H and O–H groups in total. The van der Waals surface area contributed by atoms with Crippen molar-refractivity contribution in [3.8, 4) is 0 Å². The summed E-state index contributed by atoms with van der Waals surface area (Å²) < 4.78 is 25.6. The first-order chi connectivity index (χ1) is 5.69. The lowest BCUT2D eigenvalue weighted by atomic mass is 10.4. The second-order valence-corrected chi connectivity index (χ2v) is 2.85. The smallest absolute Gasteiger partial charge is 0.168 e. The molecule has 66 valence electrons. The zero-order chi connectivity index (χ0) is 9.14. The number of nitrogens with zero attached hydrogens (tertiary/aromatic N) is 1. The Balaban J connectivity index is 3.18. The molecule has 1 heterocycles. The van der Waals surface area contributed by atoms with E-state index in [-0.39, 0.29) is 10.8 Å². The highest BCUT2D eigenvalue weighted by molar-refractivity contribution is 7.98. The molecular formula is C7H8F2N2S. The van der Waals surface area contributed by atoms with E-state index in [0.29, 0.717) is 0 Å². The van der Waals surface area contributed by atoms with E-state index in [1.54, 1.807) is 6.26 Å². The average Bonchev–Trinajstić information content (AvgIpc) is 2.05. The first-order valence-electron chi connectivity index (χ1n) is 3.26. The fourth-order valence-electron chi connectivity index (χ4n) is 0.768. The maximum absolute atomic E-state index is 12.8. The highest BCUT2D eigenvalue weighted by Crippen LogP contribution is 2.21. The summed E-state index contributed by atoms with van der Waals surface area (Å²) in [7, 11) is 1.54. The van der Waals surface area contributed by atoms with Crippen LogP contribution in [0.3, 0.4) is 0 Å². The van der Waals surface area contributed by atoms with Gasteiger partial charge in [0, 0.05) is 13.1 Å². The molecule has 0 aliphatic rings. The molecule has 0 aliphatic heterocycles. The number of aromatic nitrogens is 1. The lowest BCUT2D eigenvalue weighted by Gasteiger charge is -2.03. The monoisotopic (exact) mass is 190 g/mol. The first kappa shape index (κ1) is 9.25. The summed E-state index contributed by atoms with van der Waals surface area (Å²) >= 11 is 1.14. The Morgan fingerprint density at radius 2 is 2.08 bits per heavy atom. The molecule has 5 heteroatoms. The van der Waals surface area contributed by atoms with Gasteiger partial charge < -0.3 is 5.32 Å². The van der Waals surface area contributed by atoms with Crippen LogP contribution in [0, 0.1) is 11.6 Å². The number of thioether (sulfide) groups is 1. The van der Waals surface area contributed by atoms with E-state index in [1.165, 1.54) is 7.05 Å². The van der Waals surface area contributed by atoms with E-state index in [1.807, 2.05) is 0 Å². The van der Waals surface area contributed by atoms with E-state index < -0.39 is 11.6 Å². The summed E-state index contributed by atoms with van der Waals surface area (Å²) in [5, 5.41) is 2.73. The third-order valence-electron chi connectivity index (χ3n) is 1.33. The number of pyridine rings is 1. The summed E-state index contributed by atoms with van der Waals surface area (Å²) in [6.07, 6.45) is 1.68. The topological polar surface area (TPSA) is 24.9 Å². The molecule has 0 aliphatic carbocycles. The SMILES string of the molecule is CNc1nc(SC)c(F)cc1F. The summed E-state index contributed by atoms with van der Waals surface area (Å²) in [5.41, 5.74) is 0. The molecule has 0 aromatic carbocycles. The Hall–Kier alpha value is -0.840. The van der Waals surface area contributed by atoms with Crippen LogP contribution in [-0.4, -0.2) is 18.3 Å². The normalized spacial score (nSPS) is 10.0. The van der Waals surface area contributed by atoms with Gasteiger partial charge in [0.15, 0.2) is 17.5 Å². The van der Waals surface area contributed by atoms with E-state index in [4.69, 9.17) is 0 Å². The van der Waals surface area contributed by atoms with Gasteiger partial charge in [0.05, 0.1) is 0 Å². The molecule has 1 rings (SSSR count). The van der Waals surface area contributed by atoms with Crippen molar-refractivity contribution in [3.63, 3.8) is 0 Å². The molecule has 0 saturated carbocycles. The highest BCUT2D eigenvalue weighted by atomic mass is 32.2.